The van der Waals surface area contributed by atoms with Gasteiger partial charge in [0.2, 0.25) is 0 Å². The van der Waals surface area contributed by atoms with Crippen molar-refractivity contribution in [1.82, 2.24) is 0 Å². The van der Waals surface area contributed by atoms with E-state index >= 15 is 0 Å². The van der Waals surface area contributed by atoms with E-state index in [1.165, 1.54) is 11.1 Å². The van der Waals surface area contributed by atoms with Crippen LogP contribution in [0, 0.1) is 0 Å². The Labute approximate surface area is 98.5 Å². The summed E-state index contributed by atoms with van der Waals surface area (Å²) in [6, 6.07) is 8.59. The SMILES string of the molecule is CC(C)(C)c1ccc(C(CN)CCO)cc1. The average Bonchev–Trinajstić information content (AvgIpc) is 2.25. The first kappa shape index (κ1) is 13.2. The van der Waals surface area contributed by atoms with Gasteiger partial charge >= 0.3 is 0 Å². The Morgan fingerprint density at radius 3 is 2.12 bits per heavy atom. The van der Waals surface area contributed by atoms with Gasteiger partial charge in [0.1, 0.15) is 0 Å². The molecule has 0 amide bonds. The van der Waals surface area contributed by atoms with E-state index in [0.29, 0.717) is 6.54 Å². The zero-order chi connectivity index (χ0) is 12.2. The van der Waals surface area contributed by atoms with Crippen LogP contribution >= 0.6 is 0 Å². The first-order valence-corrected chi connectivity index (χ1v) is 5.90. The van der Waals surface area contributed by atoms with Gasteiger partial charge in [-0.15, -0.1) is 0 Å². The summed E-state index contributed by atoms with van der Waals surface area (Å²) >= 11 is 0. The molecule has 0 saturated carbocycles. The Bertz CT molecular complexity index is 311. The maximum Gasteiger partial charge on any atom is 0.0437 e. The highest BCUT2D eigenvalue weighted by atomic mass is 16.3. The molecule has 0 aliphatic rings. The fourth-order valence-electron chi connectivity index (χ4n) is 1.83. The Kier molecular flexibility index (Phi) is 4.51. The first-order chi connectivity index (χ1) is 7.49. The number of nitrogens with two attached hydrogens (primary N) is 1. The normalized spacial score (nSPS) is 13.8. The predicted molar refractivity (Wildman–Crippen MR) is 68.6 cm³/mol. The summed E-state index contributed by atoms with van der Waals surface area (Å²) in [4.78, 5) is 0. The van der Waals surface area contributed by atoms with Crippen molar-refractivity contribution in [3.8, 4) is 0 Å². The van der Waals surface area contributed by atoms with Crippen LogP contribution in [0.5, 0.6) is 0 Å². The lowest BCUT2D eigenvalue weighted by Gasteiger charge is -2.20. The molecule has 0 bridgehead atoms. The molecule has 1 aromatic carbocycles. The molecule has 0 heterocycles. The monoisotopic (exact) mass is 221 g/mol. The second-order valence-electron chi connectivity index (χ2n) is 5.32. The van der Waals surface area contributed by atoms with E-state index in [2.05, 4.69) is 45.0 Å². The van der Waals surface area contributed by atoms with Crippen LogP contribution in [0.1, 0.15) is 44.2 Å². The number of aliphatic hydroxyl groups is 1. The van der Waals surface area contributed by atoms with Crippen molar-refractivity contribution in [2.24, 2.45) is 5.73 Å². The molecule has 1 aromatic rings. The molecule has 1 unspecified atom stereocenters. The Balaban J connectivity index is 2.85. The van der Waals surface area contributed by atoms with E-state index in [1.54, 1.807) is 0 Å². The number of hydrogen-bond acceptors (Lipinski definition) is 2. The fraction of sp³-hybridized carbons (Fsp3) is 0.571. The van der Waals surface area contributed by atoms with Gasteiger partial charge in [-0.25, -0.2) is 0 Å². The lowest BCUT2D eigenvalue weighted by atomic mass is 9.85. The van der Waals surface area contributed by atoms with Crippen molar-refractivity contribution in [3.63, 3.8) is 0 Å². The van der Waals surface area contributed by atoms with Gasteiger partial charge in [-0.1, -0.05) is 45.0 Å². The summed E-state index contributed by atoms with van der Waals surface area (Å²) < 4.78 is 0. The summed E-state index contributed by atoms with van der Waals surface area (Å²) in [7, 11) is 0. The van der Waals surface area contributed by atoms with E-state index in [9.17, 15) is 0 Å². The van der Waals surface area contributed by atoms with Crippen LogP contribution in [0.4, 0.5) is 0 Å². The van der Waals surface area contributed by atoms with Crippen molar-refractivity contribution >= 4 is 0 Å². The lowest BCUT2D eigenvalue weighted by molar-refractivity contribution is 0.276. The number of hydrogen-bond donors (Lipinski definition) is 2. The summed E-state index contributed by atoms with van der Waals surface area (Å²) in [6.45, 7) is 7.40. The van der Waals surface area contributed by atoms with Crippen molar-refractivity contribution in [2.45, 2.75) is 38.5 Å². The van der Waals surface area contributed by atoms with E-state index in [0.717, 1.165) is 6.42 Å². The molecule has 90 valence electrons. The molecule has 0 saturated heterocycles. The molecule has 0 radical (unpaired) electrons. The summed E-state index contributed by atoms with van der Waals surface area (Å²) in [6.07, 6.45) is 0.741. The maximum atomic E-state index is 8.96. The molecular formula is C14H23NO. The molecule has 3 N–H and O–H groups in total. The molecule has 2 heteroatoms. The van der Waals surface area contributed by atoms with Crippen molar-refractivity contribution in [2.75, 3.05) is 13.2 Å². The zero-order valence-electron chi connectivity index (χ0n) is 10.5. The fourth-order valence-corrected chi connectivity index (χ4v) is 1.83. The highest BCUT2D eigenvalue weighted by molar-refractivity contribution is 5.29. The minimum absolute atomic E-state index is 0.188. The zero-order valence-corrected chi connectivity index (χ0v) is 10.5. The minimum Gasteiger partial charge on any atom is -0.396 e. The first-order valence-electron chi connectivity index (χ1n) is 5.90. The molecule has 16 heavy (non-hydrogen) atoms. The second kappa shape index (κ2) is 5.46. The van der Waals surface area contributed by atoms with Crippen LogP contribution in [-0.4, -0.2) is 18.3 Å². The van der Waals surface area contributed by atoms with Gasteiger partial charge in [0.25, 0.3) is 0 Å². The van der Waals surface area contributed by atoms with Gasteiger partial charge in [-0.3, -0.25) is 0 Å². The van der Waals surface area contributed by atoms with E-state index < -0.39 is 0 Å². The average molecular weight is 221 g/mol. The van der Waals surface area contributed by atoms with Gasteiger partial charge in [0, 0.05) is 6.61 Å². The van der Waals surface area contributed by atoms with Gasteiger partial charge < -0.3 is 10.8 Å². The Morgan fingerprint density at radius 2 is 1.75 bits per heavy atom. The third-order valence-corrected chi connectivity index (χ3v) is 3.01. The Hall–Kier alpha value is -0.860. The third-order valence-electron chi connectivity index (χ3n) is 3.01. The molecule has 0 aliphatic carbocycles. The van der Waals surface area contributed by atoms with Gasteiger partial charge in [0.05, 0.1) is 0 Å². The molecule has 0 spiro atoms. The largest absolute Gasteiger partial charge is 0.396 e. The maximum absolute atomic E-state index is 8.96. The topological polar surface area (TPSA) is 46.2 Å². The van der Waals surface area contributed by atoms with Crippen LogP contribution in [0.2, 0.25) is 0 Å². The molecule has 1 rings (SSSR count). The molecule has 0 aliphatic heterocycles. The lowest BCUT2D eigenvalue weighted by Crippen LogP contribution is -2.15. The summed E-state index contributed by atoms with van der Waals surface area (Å²) in [5.74, 6) is 0.277. The number of benzene rings is 1. The molecular weight excluding hydrogens is 198 g/mol. The van der Waals surface area contributed by atoms with Crippen molar-refractivity contribution in [1.29, 1.82) is 0 Å². The molecule has 0 aromatic heterocycles. The van der Waals surface area contributed by atoms with Crippen LogP contribution in [0.15, 0.2) is 24.3 Å². The highest BCUT2D eigenvalue weighted by Crippen LogP contribution is 2.25. The Morgan fingerprint density at radius 1 is 1.19 bits per heavy atom. The van der Waals surface area contributed by atoms with Crippen LogP contribution in [0.25, 0.3) is 0 Å². The van der Waals surface area contributed by atoms with Crippen LogP contribution in [0.3, 0.4) is 0 Å². The second-order valence-corrected chi connectivity index (χ2v) is 5.32. The van der Waals surface area contributed by atoms with E-state index in [-0.39, 0.29) is 17.9 Å². The number of aliphatic hydroxyl groups excluding tert-OH is 1. The van der Waals surface area contributed by atoms with Gasteiger partial charge in [0.15, 0.2) is 0 Å². The predicted octanol–water partition coefficient (Wildman–Crippen LogP) is 2.41. The standard InChI is InChI=1S/C14H23NO/c1-14(2,3)13-6-4-11(5-7-13)12(10-15)8-9-16/h4-7,12,16H,8-10,15H2,1-3H3. The number of rotatable bonds is 4. The molecule has 2 nitrogen and oxygen atoms in total. The van der Waals surface area contributed by atoms with Crippen molar-refractivity contribution < 1.29 is 5.11 Å². The van der Waals surface area contributed by atoms with Crippen LogP contribution < -0.4 is 5.73 Å². The van der Waals surface area contributed by atoms with Crippen molar-refractivity contribution in [3.05, 3.63) is 35.4 Å². The van der Waals surface area contributed by atoms with E-state index in [1.807, 2.05) is 0 Å². The highest BCUT2D eigenvalue weighted by Gasteiger charge is 2.14. The van der Waals surface area contributed by atoms with Gasteiger partial charge in [-0.2, -0.15) is 0 Å². The molecule has 0 fully saturated rings. The third kappa shape index (κ3) is 3.32. The van der Waals surface area contributed by atoms with Gasteiger partial charge in [-0.05, 0) is 35.4 Å². The summed E-state index contributed by atoms with van der Waals surface area (Å²) in [5.41, 5.74) is 8.45. The minimum atomic E-state index is 0.188. The quantitative estimate of drug-likeness (QED) is 0.820. The van der Waals surface area contributed by atoms with E-state index in [4.69, 9.17) is 10.8 Å². The summed E-state index contributed by atoms with van der Waals surface area (Å²) in [5, 5.41) is 8.96. The van der Waals surface area contributed by atoms with Crippen LogP contribution in [-0.2, 0) is 5.41 Å². The molecule has 1 atom stereocenters. The smallest absolute Gasteiger partial charge is 0.0437 e.